The molecular weight excluding hydrogens is 350 g/mol. The second-order valence-electron chi connectivity index (χ2n) is 7.98. The molecule has 0 spiro atoms. The van der Waals surface area contributed by atoms with Crippen molar-refractivity contribution in [3.05, 3.63) is 35.4 Å². The number of piperidine rings is 1. The van der Waals surface area contributed by atoms with E-state index >= 15 is 0 Å². The first-order valence-corrected chi connectivity index (χ1v) is 10.5. The molecule has 0 aromatic heterocycles. The summed E-state index contributed by atoms with van der Waals surface area (Å²) in [5, 5.41) is 6.77. The van der Waals surface area contributed by atoms with Crippen LogP contribution in [0.25, 0.3) is 0 Å². The molecule has 6 nitrogen and oxygen atoms in total. The third-order valence-electron chi connectivity index (χ3n) is 5.19. The lowest BCUT2D eigenvalue weighted by Crippen LogP contribution is -2.40. The second kappa shape index (κ2) is 11.7. The molecule has 0 radical (unpaired) electrons. The van der Waals surface area contributed by atoms with Gasteiger partial charge in [-0.1, -0.05) is 19.1 Å². The first-order chi connectivity index (χ1) is 13.5. The zero-order chi connectivity index (χ0) is 20.4. The molecule has 1 aliphatic heterocycles. The van der Waals surface area contributed by atoms with Crippen molar-refractivity contribution in [1.82, 2.24) is 20.4 Å². The highest BCUT2D eigenvalue weighted by molar-refractivity contribution is 5.94. The number of carbonyl (C=O) groups is 1. The predicted octanol–water partition coefficient (Wildman–Crippen LogP) is 2.22. The van der Waals surface area contributed by atoms with Gasteiger partial charge in [-0.05, 0) is 62.4 Å². The van der Waals surface area contributed by atoms with Crippen molar-refractivity contribution in [1.29, 1.82) is 0 Å². The Morgan fingerprint density at radius 3 is 2.79 bits per heavy atom. The molecule has 6 heteroatoms. The van der Waals surface area contributed by atoms with Gasteiger partial charge in [0.05, 0.1) is 0 Å². The van der Waals surface area contributed by atoms with Crippen LogP contribution in [0.15, 0.2) is 29.3 Å². The fourth-order valence-corrected chi connectivity index (χ4v) is 3.66. The van der Waals surface area contributed by atoms with Gasteiger partial charge in [0.2, 0.25) is 0 Å². The number of carbonyl (C=O) groups excluding carboxylic acids is 1. The van der Waals surface area contributed by atoms with Crippen LogP contribution in [0.5, 0.6) is 0 Å². The van der Waals surface area contributed by atoms with E-state index < -0.39 is 0 Å². The number of aliphatic imine (C=N–C) groups is 1. The molecule has 28 heavy (non-hydrogen) atoms. The Morgan fingerprint density at radius 1 is 1.29 bits per heavy atom. The van der Waals surface area contributed by atoms with Crippen LogP contribution in [-0.2, 0) is 6.42 Å². The number of nitrogens with one attached hydrogen (secondary N) is 2. The number of hydrogen-bond donors (Lipinski definition) is 2. The monoisotopic (exact) mass is 387 g/mol. The zero-order valence-electron chi connectivity index (χ0n) is 18.0. The van der Waals surface area contributed by atoms with Gasteiger partial charge in [-0.25, -0.2) is 0 Å². The average Bonchev–Trinajstić information content (AvgIpc) is 2.69. The van der Waals surface area contributed by atoms with Crippen molar-refractivity contribution in [2.45, 2.75) is 32.6 Å². The fourth-order valence-electron chi connectivity index (χ4n) is 3.66. The summed E-state index contributed by atoms with van der Waals surface area (Å²) in [6, 6.07) is 7.84. The lowest BCUT2D eigenvalue weighted by molar-refractivity contribution is 0.0827. The van der Waals surface area contributed by atoms with Crippen molar-refractivity contribution in [2.24, 2.45) is 10.9 Å². The standard InChI is InChI=1S/C22H37N5O/c1-18-8-6-14-27(17-18)15-7-12-24-22(23-2)25-13-11-19-9-5-10-20(16-19)21(28)26(3)4/h5,9-10,16,18H,6-8,11-15,17H2,1-4H3,(H2,23,24,25). The van der Waals surface area contributed by atoms with Crippen LogP contribution in [0.4, 0.5) is 0 Å². The van der Waals surface area contributed by atoms with Crippen molar-refractivity contribution in [2.75, 3.05) is 53.9 Å². The minimum Gasteiger partial charge on any atom is -0.356 e. The highest BCUT2D eigenvalue weighted by atomic mass is 16.2. The van der Waals surface area contributed by atoms with Crippen molar-refractivity contribution in [3.8, 4) is 0 Å². The Kier molecular flexibility index (Phi) is 9.28. The van der Waals surface area contributed by atoms with E-state index in [-0.39, 0.29) is 5.91 Å². The molecule has 1 unspecified atom stereocenters. The number of guanidine groups is 1. The Balaban J connectivity index is 1.67. The SMILES string of the molecule is CN=C(NCCCN1CCCC(C)C1)NCCc1cccc(C(=O)N(C)C)c1. The molecule has 1 heterocycles. The molecule has 1 amide bonds. The van der Waals surface area contributed by atoms with Gasteiger partial charge >= 0.3 is 0 Å². The second-order valence-corrected chi connectivity index (χ2v) is 7.98. The molecule has 0 aliphatic carbocycles. The summed E-state index contributed by atoms with van der Waals surface area (Å²) in [5.74, 6) is 1.71. The number of amides is 1. The predicted molar refractivity (Wildman–Crippen MR) is 117 cm³/mol. The van der Waals surface area contributed by atoms with E-state index in [1.807, 2.05) is 18.2 Å². The summed E-state index contributed by atoms with van der Waals surface area (Å²) in [6.45, 7) is 7.69. The Morgan fingerprint density at radius 2 is 2.07 bits per heavy atom. The van der Waals surface area contributed by atoms with Gasteiger partial charge < -0.3 is 20.4 Å². The van der Waals surface area contributed by atoms with Gasteiger partial charge in [-0.2, -0.15) is 0 Å². The number of rotatable bonds is 8. The van der Waals surface area contributed by atoms with Crippen LogP contribution < -0.4 is 10.6 Å². The summed E-state index contributed by atoms with van der Waals surface area (Å²) in [4.78, 5) is 20.6. The lowest BCUT2D eigenvalue weighted by Gasteiger charge is -2.30. The number of benzene rings is 1. The third-order valence-corrected chi connectivity index (χ3v) is 5.19. The first kappa shape index (κ1) is 22.2. The van der Waals surface area contributed by atoms with Crippen molar-refractivity contribution in [3.63, 3.8) is 0 Å². The van der Waals surface area contributed by atoms with Gasteiger partial charge in [0.25, 0.3) is 5.91 Å². The highest BCUT2D eigenvalue weighted by Gasteiger charge is 2.15. The highest BCUT2D eigenvalue weighted by Crippen LogP contribution is 2.15. The average molecular weight is 388 g/mol. The summed E-state index contributed by atoms with van der Waals surface area (Å²) in [6.07, 6.45) is 4.68. The molecule has 0 bridgehead atoms. The summed E-state index contributed by atoms with van der Waals surface area (Å²) >= 11 is 0. The van der Waals surface area contributed by atoms with Crippen molar-refractivity contribution < 1.29 is 4.79 Å². The van der Waals surface area contributed by atoms with Gasteiger partial charge in [-0.15, -0.1) is 0 Å². The zero-order valence-corrected chi connectivity index (χ0v) is 18.0. The van der Waals surface area contributed by atoms with Gasteiger partial charge in [0.1, 0.15) is 0 Å². The molecule has 2 rings (SSSR count). The molecule has 1 aliphatic rings. The minimum absolute atomic E-state index is 0.0374. The molecule has 1 aromatic rings. The fraction of sp³-hybridized carbons (Fsp3) is 0.636. The molecular formula is C22H37N5O. The summed E-state index contributed by atoms with van der Waals surface area (Å²) < 4.78 is 0. The van der Waals surface area contributed by atoms with Crippen LogP contribution >= 0.6 is 0 Å². The van der Waals surface area contributed by atoms with E-state index in [0.717, 1.165) is 55.5 Å². The molecule has 1 saturated heterocycles. The molecule has 1 fully saturated rings. The van der Waals surface area contributed by atoms with Crippen LogP contribution in [0.3, 0.4) is 0 Å². The van der Waals surface area contributed by atoms with Crippen LogP contribution in [0.2, 0.25) is 0 Å². The molecule has 1 atom stereocenters. The van der Waals surface area contributed by atoms with E-state index in [0.29, 0.717) is 0 Å². The quantitative estimate of drug-likeness (QED) is 0.408. The van der Waals surface area contributed by atoms with E-state index in [1.54, 1.807) is 26.0 Å². The van der Waals surface area contributed by atoms with Crippen molar-refractivity contribution >= 4 is 11.9 Å². The van der Waals surface area contributed by atoms with Crippen LogP contribution in [-0.4, -0.2) is 75.5 Å². The van der Waals surface area contributed by atoms with E-state index in [4.69, 9.17) is 0 Å². The van der Waals surface area contributed by atoms with Gasteiger partial charge in [-0.3, -0.25) is 9.79 Å². The molecule has 2 N–H and O–H groups in total. The smallest absolute Gasteiger partial charge is 0.253 e. The van der Waals surface area contributed by atoms with Crippen LogP contribution in [0.1, 0.15) is 42.1 Å². The van der Waals surface area contributed by atoms with Crippen LogP contribution in [0, 0.1) is 5.92 Å². The van der Waals surface area contributed by atoms with E-state index in [9.17, 15) is 4.79 Å². The maximum atomic E-state index is 12.1. The third kappa shape index (κ3) is 7.50. The van der Waals surface area contributed by atoms with E-state index in [1.165, 1.54) is 25.9 Å². The Hall–Kier alpha value is -2.08. The maximum Gasteiger partial charge on any atom is 0.253 e. The largest absolute Gasteiger partial charge is 0.356 e. The Labute approximate surface area is 170 Å². The van der Waals surface area contributed by atoms with Gasteiger partial charge in [0.15, 0.2) is 5.96 Å². The molecule has 1 aromatic carbocycles. The minimum atomic E-state index is 0.0374. The van der Waals surface area contributed by atoms with E-state index in [2.05, 4.69) is 33.5 Å². The number of hydrogen-bond acceptors (Lipinski definition) is 3. The maximum absolute atomic E-state index is 12.1. The number of likely N-dealkylation sites (tertiary alicyclic amines) is 1. The summed E-state index contributed by atoms with van der Waals surface area (Å²) in [5.41, 5.74) is 1.88. The topological polar surface area (TPSA) is 60.0 Å². The number of nitrogens with zero attached hydrogens (tertiary/aromatic N) is 3. The first-order valence-electron chi connectivity index (χ1n) is 10.5. The molecule has 0 saturated carbocycles. The molecule has 156 valence electrons. The lowest BCUT2D eigenvalue weighted by atomic mass is 10.0. The van der Waals surface area contributed by atoms with Gasteiger partial charge in [0, 0.05) is 46.3 Å². The Bertz CT molecular complexity index is 644. The normalized spacial score (nSPS) is 18.0. The summed E-state index contributed by atoms with van der Waals surface area (Å²) in [7, 11) is 5.36.